The van der Waals surface area contributed by atoms with Crippen molar-refractivity contribution in [2.24, 2.45) is 0 Å². The van der Waals surface area contributed by atoms with Crippen LogP contribution < -0.4 is 5.73 Å². The van der Waals surface area contributed by atoms with Gasteiger partial charge in [-0.25, -0.2) is 0 Å². The third-order valence-corrected chi connectivity index (χ3v) is 3.03. The third kappa shape index (κ3) is 1.22. The molecule has 0 amide bonds. The number of aldehydes is 1. The van der Waals surface area contributed by atoms with E-state index in [0.29, 0.717) is 28.7 Å². The number of rotatable bonds is 1. The molecule has 3 rings (SSSR count). The van der Waals surface area contributed by atoms with Crippen LogP contribution in [0.3, 0.4) is 0 Å². The van der Waals surface area contributed by atoms with E-state index in [1.54, 1.807) is 24.3 Å². The van der Waals surface area contributed by atoms with E-state index in [-0.39, 0.29) is 5.78 Å². The lowest BCUT2D eigenvalue weighted by atomic mass is 10.0. The summed E-state index contributed by atoms with van der Waals surface area (Å²) in [5.41, 5.74) is 9.39. The maximum Gasteiger partial charge on any atom is 0.195 e. The van der Waals surface area contributed by atoms with Gasteiger partial charge in [-0.1, -0.05) is 24.3 Å². The number of hydrogen-bond acceptors (Lipinski definition) is 3. The van der Waals surface area contributed by atoms with Crippen molar-refractivity contribution in [3.05, 3.63) is 53.1 Å². The van der Waals surface area contributed by atoms with E-state index in [4.69, 9.17) is 5.73 Å². The quantitative estimate of drug-likeness (QED) is 0.508. The van der Waals surface area contributed by atoms with Crippen molar-refractivity contribution in [2.45, 2.75) is 0 Å². The minimum Gasteiger partial charge on any atom is -0.399 e. The fraction of sp³-hybridized carbons (Fsp3) is 0. The van der Waals surface area contributed by atoms with E-state index in [1.807, 2.05) is 12.1 Å². The van der Waals surface area contributed by atoms with Crippen LogP contribution in [0.2, 0.25) is 0 Å². The molecule has 0 fully saturated rings. The summed E-state index contributed by atoms with van der Waals surface area (Å²) in [6.07, 6.45) is 0.714. The minimum atomic E-state index is -0.120. The lowest BCUT2D eigenvalue weighted by molar-refractivity contribution is 0.103. The molecule has 82 valence electrons. The van der Waals surface area contributed by atoms with Crippen molar-refractivity contribution >= 4 is 17.8 Å². The number of carbonyl (C=O) groups excluding carboxylic acids is 2. The van der Waals surface area contributed by atoms with Gasteiger partial charge in [0.2, 0.25) is 0 Å². The summed E-state index contributed by atoms with van der Waals surface area (Å²) in [5, 5.41) is 0. The molecule has 0 saturated heterocycles. The van der Waals surface area contributed by atoms with Gasteiger partial charge in [-0.05, 0) is 23.3 Å². The van der Waals surface area contributed by atoms with Crippen LogP contribution in [0, 0.1) is 0 Å². The summed E-state index contributed by atoms with van der Waals surface area (Å²) >= 11 is 0. The first kappa shape index (κ1) is 9.78. The van der Waals surface area contributed by atoms with Crippen LogP contribution >= 0.6 is 0 Å². The van der Waals surface area contributed by atoms with Gasteiger partial charge in [0.1, 0.15) is 0 Å². The summed E-state index contributed by atoms with van der Waals surface area (Å²) in [5.74, 6) is -0.120. The number of nitrogens with two attached hydrogens (primary N) is 1. The molecule has 2 aromatic carbocycles. The van der Waals surface area contributed by atoms with Crippen LogP contribution in [0.15, 0.2) is 36.4 Å². The summed E-state index contributed by atoms with van der Waals surface area (Å²) in [6.45, 7) is 0. The fourth-order valence-corrected chi connectivity index (χ4v) is 2.27. The van der Waals surface area contributed by atoms with E-state index in [9.17, 15) is 9.59 Å². The molecule has 0 heterocycles. The molecule has 0 bridgehead atoms. The number of ketones is 1. The van der Waals surface area contributed by atoms with E-state index < -0.39 is 0 Å². The van der Waals surface area contributed by atoms with Gasteiger partial charge in [0, 0.05) is 22.4 Å². The molecule has 2 N–H and O–H groups in total. The number of nitrogen functional groups attached to an aromatic ring is 1. The standard InChI is InChI=1S/C14H9NO2/c15-9-4-5-10-11-3-1-2-8(7-16)13(11)14(17)12(10)6-9/h1-7H,15H2. The Labute approximate surface area is 97.9 Å². The normalized spacial score (nSPS) is 12.1. The van der Waals surface area contributed by atoms with Gasteiger partial charge in [0.25, 0.3) is 0 Å². The molecular weight excluding hydrogens is 214 g/mol. The molecule has 0 saturated carbocycles. The highest BCUT2D eigenvalue weighted by atomic mass is 16.1. The number of fused-ring (bicyclic) bond motifs is 3. The number of anilines is 1. The smallest absolute Gasteiger partial charge is 0.195 e. The maximum absolute atomic E-state index is 12.2. The van der Waals surface area contributed by atoms with Crippen molar-refractivity contribution < 1.29 is 9.59 Å². The molecule has 0 aliphatic heterocycles. The molecule has 0 unspecified atom stereocenters. The lowest BCUT2D eigenvalue weighted by Crippen LogP contribution is -2.00. The fourth-order valence-electron chi connectivity index (χ4n) is 2.27. The van der Waals surface area contributed by atoms with E-state index in [1.165, 1.54) is 0 Å². The number of hydrogen-bond donors (Lipinski definition) is 1. The lowest BCUT2D eigenvalue weighted by Gasteiger charge is -2.00. The summed E-state index contributed by atoms with van der Waals surface area (Å²) in [7, 11) is 0. The van der Waals surface area contributed by atoms with Crippen molar-refractivity contribution in [2.75, 3.05) is 5.73 Å². The average Bonchev–Trinajstić information content (AvgIpc) is 2.63. The molecule has 0 aromatic heterocycles. The molecule has 0 atom stereocenters. The van der Waals surface area contributed by atoms with Crippen molar-refractivity contribution in [1.82, 2.24) is 0 Å². The predicted octanol–water partition coefficient (Wildman–Crippen LogP) is 2.29. The van der Waals surface area contributed by atoms with Crippen LogP contribution in [-0.2, 0) is 0 Å². The Kier molecular flexibility index (Phi) is 1.89. The molecule has 0 spiro atoms. The Morgan fingerprint density at radius 1 is 1.00 bits per heavy atom. The summed E-state index contributed by atoms with van der Waals surface area (Å²) in [4.78, 5) is 23.2. The maximum atomic E-state index is 12.2. The number of carbonyl (C=O) groups is 2. The van der Waals surface area contributed by atoms with Gasteiger partial charge in [-0.3, -0.25) is 9.59 Å². The average molecular weight is 223 g/mol. The zero-order valence-electron chi connectivity index (χ0n) is 8.94. The molecule has 3 heteroatoms. The largest absolute Gasteiger partial charge is 0.399 e. The zero-order chi connectivity index (χ0) is 12.0. The Bertz CT molecular complexity index is 659. The molecule has 3 nitrogen and oxygen atoms in total. The van der Waals surface area contributed by atoms with Crippen LogP contribution in [0.5, 0.6) is 0 Å². The molecule has 1 aliphatic rings. The topological polar surface area (TPSA) is 60.2 Å². The minimum absolute atomic E-state index is 0.120. The summed E-state index contributed by atoms with van der Waals surface area (Å²) in [6, 6.07) is 10.5. The van der Waals surface area contributed by atoms with E-state index in [0.717, 1.165) is 11.1 Å². The van der Waals surface area contributed by atoms with Crippen LogP contribution in [-0.4, -0.2) is 12.1 Å². The van der Waals surface area contributed by atoms with E-state index >= 15 is 0 Å². The monoisotopic (exact) mass is 223 g/mol. The Hall–Kier alpha value is -2.42. The van der Waals surface area contributed by atoms with Gasteiger partial charge in [0.15, 0.2) is 12.1 Å². The molecule has 17 heavy (non-hydrogen) atoms. The van der Waals surface area contributed by atoms with Gasteiger partial charge in [-0.15, -0.1) is 0 Å². The third-order valence-electron chi connectivity index (χ3n) is 3.03. The van der Waals surface area contributed by atoms with Gasteiger partial charge < -0.3 is 5.73 Å². The van der Waals surface area contributed by atoms with Crippen molar-refractivity contribution in [3.63, 3.8) is 0 Å². The van der Waals surface area contributed by atoms with Crippen LogP contribution in [0.4, 0.5) is 5.69 Å². The second-order valence-electron chi connectivity index (χ2n) is 4.02. The zero-order valence-corrected chi connectivity index (χ0v) is 8.94. The van der Waals surface area contributed by atoms with Crippen molar-refractivity contribution in [1.29, 1.82) is 0 Å². The van der Waals surface area contributed by atoms with Gasteiger partial charge >= 0.3 is 0 Å². The van der Waals surface area contributed by atoms with Gasteiger partial charge in [0.05, 0.1) is 0 Å². The Morgan fingerprint density at radius 2 is 1.82 bits per heavy atom. The Balaban J connectivity index is 2.38. The summed E-state index contributed by atoms with van der Waals surface area (Å²) < 4.78 is 0. The highest BCUT2D eigenvalue weighted by Crippen LogP contribution is 2.38. The second kappa shape index (κ2) is 3.28. The predicted molar refractivity (Wildman–Crippen MR) is 65.1 cm³/mol. The SMILES string of the molecule is Nc1ccc2c(c1)C(=O)c1c(C=O)cccc1-2. The van der Waals surface area contributed by atoms with E-state index in [2.05, 4.69) is 0 Å². The highest BCUT2D eigenvalue weighted by molar-refractivity contribution is 6.24. The Morgan fingerprint density at radius 3 is 2.59 bits per heavy atom. The van der Waals surface area contributed by atoms with Crippen molar-refractivity contribution in [3.8, 4) is 11.1 Å². The van der Waals surface area contributed by atoms with Gasteiger partial charge in [-0.2, -0.15) is 0 Å². The van der Waals surface area contributed by atoms with Crippen LogP contribution in [0.25, 0.3) is 11.1 Å². The first-order chi connectivity index (χ1) is 8.22. The first-order valence-corrected chi connectivity index (χ1v) is 5.25. The molecule has 2 aromatic rings. The molecule has 1 aliphatic carbocycles. The highest BCUT2D eigenvalue weighted by Gasteiger charge is 2.28. The molecular formula is C14H9NO2. The molecule has 0 radical (unpaired) electrons. The van der Waals surface area contributed by atoms with Crippen LogP contribution in [0.1, 0.15) is 26.3 Å². The number of benzene rings is 2. The first-order valence-electron chi connectivity index (χ1n) is 5.25. The second-order valence-corrected chi connectivity index (χ2v) is 4.02.